The molecule has 0 fully saturated rings. The van der Waals surface area contributed by atoms with Crippen molar-refractivity contribution in [2.75, 3.05) is 0 Å². The van der Waals surface area contributed by atoms with E-state index >= 15 is 0 Å². The van der Waals surface area contributed by atoms with Gasteiger partial charge in [-0.05, 0) is 20.8 Å². The van der Waals surface area contributed by atoms with Crippen molar-refractivity contribution in [1.29, 1.82) is 0 Å². The van der Waals surface area contributed by atoms with Crippen molar-refractivity contribution in [1.82, 2.24) is 15.1 Å². The molecule has 0 atom stereocenters. The van der Waals surface area contributed by atoms with Crippen LogP contribution in [-0.2, 0) is 18.3 Å². The normalized spacial score (nSPS) is 11.3. The second-order valence-corrected chi connectivity index (χ2v) is 4.86. The molecular weight excluding hydrogens is 230 g/mol. The zero-order chi connectivity index (χ0) is 12.3. The van der Waals surface area contributed by atoms with Crippen LogP contribution in [0.4, 0.5) is 4.79 Å². The van der Waals surface area contributed by atoms with Crippen molar-refractivity contribution in [3.8, 4) is 0 Å². The Morgan fingerprint density at radius 3 is 2.69 bits per heavy atom. The maximum Gasteiger partial charge on any atom is 0.407 e. The molecule has 0 saturated carbocycles. The number of hydrogen-bond donors (Lipinski definition) is 1. The summed E-state index contributed by atoms with van der Waals surface area (Å²) < 4.78 is 6.67. The standard InChI is InChI=1S/C10H16ClN3O2/c1-10(2,3)16-9(15)12-5-8-7(11)6-14(4)13-8/h6H,5H2,1-4H3,(H,12,15). The number of alkyl carbamates (subject to hydrolysis) is 1. The molecule has 1 N–H and O–H groups in total. The Morgan fingerprint density at radius 2 is 2.25 bits per heavy atom. The van der Waals surface area contributed by atoms with Gasteiger partial charge in [-0.25, -0.2) is 4.79 Å². The second-order valence-electron chi connectivity index (χ2n) is 4.45. The first-order valence-electron chi connectivity index (χ1n) is 4.93. The Morgan fingerprint density at radius 1 is 1.62 bits per heavy atom. The molecule has 1 aromatic heterocycles. The van der Waals surface area contributed by atoms with Crippen LogP contribution in [0.1, 0.15) is 26.5 Å². The number of nitrogens with zero attached hydrogens (tertiary/aromatic N) is 2. The van der Waals surface area contributed by atoms with Crippen LogP contribution in [-0.4, -0.2) is 21.5 Å². The maximum atomic E-state index is 11.3. The van der Waals surface area contributed by atoms with E-state index in [1.54, 1.807) is 38.7 Å². The van der Waals surface area contributed by atoms with Crippen molar-refractivity contribution in [3.63, 3.8) is 0 Å². The number of carbonyl (C=O) groups excluding carboxylic acids is 1. The van der Waals surface area contributed by atoms with Gasteiger partial charge < -0.3 is 10.1 Å². The summed E-state index contributed by atoms with van der Waals surface area (Å²) in [6, 6.07) is 0. The van der Waals surface area contributed by atoms with Crippen molar-refractivity contribution in [3.05, 3.63) is 16.9 Å². The third-order valence-corrected chi connectivity index (χ3v) is 1.97. The lowest BCUT2D eigenvalue weighted by molar-refractivity contribution is 0.0523. The smallest absolute Gasteiger partial charge is 0.407 e. The minimum Gasteiger partial charge on any atom is -0.444 e. The number of ether oxygens (including phenoxy) is 1. The van der Waals surface area contributed by atoms with E-state index in [1.165, 1.54) is 0 Å². The van der Waals surface area contributed by atoms with Crippen LogP contribution in [0, 0.1) is 0 Å². The highest BCUT2D eigenvalue weighted by atomic mass is 35.5. The Kier molecular flexibility index (Phi) is 3.80. The highest BCUT2D eigenvalue weighted by molar-refractivity contribution is 6.31. The second kappa shape index (κ2) is 4.74. The van der Waals surface area contributed by atoms with E-state index in [9.17, 15) is 4.79 Å². The highest BCUT2D eigenvalue weighted by Gasteiger charge is 2.16. The number of hydrogen-bond acceptors (Lipinski definition) is 3. The zero-order valence-corrected chi connectivity index (χ0v) is 10.6. The zero-order valence-electron chi connectivity index (χ0n) is 9.87. The van der Waals surface area contributed by atoms with Crippen LogP contribution in [0.3, 0.4) is 0 Å². The van der Waals surface area contributed by atoms with Crippen molar-refractivity contribution >= 4 is 17.7 Å². The van der Waals surface area contributed by atoms with E-state index in [4.69, 9.17) is 16.3 Å². The molecule has 0 saturated heterocycles. The molecule has 0 aliphatic heterocycles. The molecule has 0 bridgehead atoms. The van der Waals surface area contributed by atoms with Crippen LogP contribution in [0.15, 0.2) is 6.20 Å². The van der Waals surface area contributed by atoms with Crippen LogP contribution in [0.5, 0.6) is 0 Å². The number of aryl methyl sites for hydroxylation is 1. The minimum absolute atomic E-state index is 0.259. The van der Waals surface area contributed by atoms with Crippen LogP contribution < -0.4 is 5.32 Å². The summed E-state index contributed by atoms with van der Waals surface area (Å²) in [7, 11) is 1.77. The van der Waals surface area contributed by atoms with Crippen LogP contribution in [0.2, 0.25) is 5.02 Å². The lowest BCUT2D eigenvalue weighted by Crippen LogP contribution is -2.32. The molecule has 1 aromatic rings. The van der Waals surface area contributed by atoms with E-state index in [0.717, 1.165) is 0 Å². The topological polar surface area (TPSA) is 56.2 Å². The SMILES string of the molecule is Cn1cc(Cl)c(CNC(=O)OC(C)(C)C)n1. The van der Waals surface area contributed by atoms with E-state index in [0.29, 0.717) is 10.7 Å². The molecule has 90 valence electrons. The van der Waals surface area contributed by atoms with Crippen LogP contribution in [0.25, 0.3) is 0 Å². The Hall–Kier alpha value is -1.23. The summed E-state index contributed by atoms with van der Waals surface area (Å²) in [6.07, 6.45) is 1.20. The maximum absolute atomic E-state index is 11.3. The third-order valence-electron chi connectivity index (χ3n) is 1.65. The summed E-state index contributed by atoms with van der Waals surface area (Å²) in [5.41, 5.74) is 0.118. The number of rotatable bonds is 2. The fraction of sp³-hybridized carbons (Fsp3) is 0.600. The summed E-state index contributed by atoms with van der Waals surface area (Å²) in [6.45, 7) is 5.68. The van der Waals surface area contributed by atoms with Gasteiger partial charge in [-0.3, -0.25) is 4.68 Å². The van der Waals surface area contributed by atoms with Crippen LogP contribution >= 0.6 is 11.6 Å². The first kappa shape index (κ1) is 12.8. The van der Waals surface area contributed by atoms with Gasteiger partial charge in [-0.15, -0.1) is 0 Å². The number of nitrogens with one attached hydrogen (secondary N) is 1. The molecule has 5 nitrogen and oxygen atoms in total. The van der Waals surface area contributed by atoms with Gasteiger partial charge in [-0.2, -0.15) is 5.10 Å². The summed E-state index contributed by atoms with van der Waals surface area (Å²) in [5.74, 6) is 0. The number of carbonyl (C=O) groups is 1. The number of halogens is 1. The molecule has 0 aliphatic carbocycles. The quantitative estimate of drug-likeness (QED) is 0.868. The average Bonchev–Trinajstić information content (AvgIpc) is 2.38. The molecule has 16 heavy (non-hydrogen) atoms. The van der Waals surface area contributed by atoms with E-state index in [1.807, 2.05) is 0 Å². The van der Waals surface area contributed by atoms with Crippen molar-refractivity contribution < 1.29 is 9.53 Å². The first-order chi connectivity index (χ1) is 7.28. The average molecular weight is 246 g/mol. The molecule has 1 heterocycles. The lowest BCUT2D eigenvalue weighted by Gasteiger charge is -2.19. The third kappa shape index (κ3) is 4.10. The van der Waals surface area contributed by atoms with Gasteiger partial charge in [-0.1, -0.05) is 11.6 Å². The summed E-state index contributed by atoms with van der Waals surface area (Å²) >= 11 is 5.89. The van der Waals surface area contributed by atoms with E-state index in [-0.39, 0.29) is 6.54 Å². The first-order valence-corrected chi connectivity index (χ1v) is 5.30. The Bertz CT molecular complexity index is 382. The molecule has 0 spiro atoms. The molecule has 0 unspecified atom stereocenters. The van der Waals surface area contributed by atoms with E-state index < -0.39 is 11.7 Å². The fourth-order valence-electron chi connectivity index (χ4n) is 1.10. The summed E-state index contributed by atoms with van der Waals surface area (Å²) in [5, 5.41) is 7.21. The molecule has 1 rings (SSSR count). The van der Waals surface area contributed by atoms with Gasteiger partial charge in [0.2, 0.25) is 0 Å². The highest BCUT2D eigenvalue weighted by Crippen LogP contribution is 2.13. The summed E-state index contributed by atoms with van der Waals surface area (Å²) in [4.78, 5) is 11.3. The lowest BCUT2D eigenvalue weighted by atomic mass is 10.2. The molecule has 0 aliphatic rings. The predicted octanol–water partition coefficient (Wildman–Crippen LogP) is 2.10. The largest absolute Gasteiger partial charge is 0.444 e. The van der Waals surface area contributed by atoms with Gasteiger partial charge in [0.25, 0.3) is 0 Å². The van der Waals surface area contributed by atoms with Gasteiger partial charge in [0.15, 0.2) is 0 Å². The number of amides is 1. The van der Waals surface area contributed by atoms with Crippen molar-refractivity contribution in [2.24, 2.45) is 7.05 Å². The van der Waals surface area contributed by atoms with Gasteiger partial charge >= 0.3 is 6.09 Å². The Labute approximate surface area is 99.7 Å². The number of aromatic nitrogens is 2. The molecule has 6 heteroatoms. The molecule has 1 amide bonds. The Balaban J connectivity index is 2.46. The minimum atomic E-state index is -0.502. The van der Waals surface area contributed by atoms with Gasteiger partial charge in [0.05, 0.1) is 11.6 Å². The van der Waals surface area contributed by atoms with Gasteiger partial charge in [0.1, 0.15) is 11.3 Å². The monoisotopic (exact) mass is 245 g/mol. The van der Waals surface area contributed by atoms with E-state index in [2.05, 4.69) is 10.4 Å². The molecular formula is C10H16ClN3O2. The van der Waals surface area contributed by atoms with Crippen molar-refractivity contribution in [2.45, 2.75) is 32.9 Å². The molecule has 0 radical (unpaired) electrons. The fourth-order valence-corrected chi connectivity index (χ4v) is 1.34. The predicted molar refractivity (Wildman–Crippen MR) is 61.3 cm³/mol. The van der Waals surface area contributed by atoms with Gasteiger partial charge in [0, 0.05) is 13.2 Å². The molecule has 0 aromatic carbocycles.